The molecule has 0 aliphatic carbocycles. The summed E-state index contributed by atoms with van der Waals surface area (Å²) in [7, 11) is 1.83. The van der Waals surface area contributed by atoms with Crippen LogP contribution in [0.25, 0.3) is 0 Å². The zero-order valence-corrected chi connectivity index (χ0v) is 16.2. The average Bonchev–Trinajstić information content (AvgIpc) is 3.30. The molecule has 8 heteroatoms. The Hall–Kier alpha value is -1.90. The minimum atomic E-state index is 0.0902. The van der Waals surface area contributed by atoms with Crippen molar-refractivity contribution in [3.8, 4) is 0 Å². The van der Waals surface area contributed by atoms with Gasteiger partial charge in [0, 0.05) is 18.5 Å². The summed E-state index contributed by atoms with van der Waals surface area (Å²) in [5.74, 6) is 0.460. The highest BCUT2D eigenvalue weighted by molar-refractivity contribution is 8.01. The number of rotatable bonds is 8. The van der Waals surface area contributed by atoms with Gasteiger partial charge in [0.2, 0.25) is 11.0 Å². The number of anilines is 1. The predicted molar refractivity (Wildman–Crippen MR) is 105 cm³/mol. The van der Waals surface area contributed by atoms with E-state index in [-0.39, 0.29) is 5.91 Å². The molecule has 0 atom stereocenters. The summed E-state index contributed by atoms with van der Waals surface area (Å²) in [6.07, 6.45) is 0. The molecule has 2 aromatic heterocycles. The Morgan fingerprint density at radius 3 is 2.80 bits per heavy atom. The summed E-state index contributed by atoms with van der Waals surface area (Å²) >= 11 is 4.56. The Balaban J connectivity index is 1.44. The van der Waals surface area contributed by atoms with Crippen LogP contribution in [0, 0.1) is 0 Å². The van der Waals surface area contributed by atoms with Gasteiger partial charge in [-0.2, -0.15) is 0 Å². The third kappa shape index (κ3) is 5.55. The van der Waals surface area contributed by atoms with E-state index in [1.807, 2.05) is 42.8 Å². The summed E-state index contributed by atoms with van der Waals surface area (Å²) in [4.78, 5) is 15.1. The lowest BCUT2D eigenvalue weighted by Crippen LogP contribution is -2.27. The molecule has 0 saturated heterocycles. The lowest BCUT2D eigenvalue weighted by atomic mass is 10.2. The number of hydrogen-bond donors (Lipinski definition) is 1. The number of nitrogens with zero attached hydrogens (tertiary/aromatic N) is 3. The van der Waals surface area contributed by atoms with E-state index in [9.17, 15) is 4.79 Å². The third-order valence-corrected chi connectivity index (χ3v) is 6.27. The van der Waals surface area contributed by atoms with Crippen molar-refractivity contribution in [2.75, 3.05) is 18.1 Å². The van der Waals surface area contributed by atoms with Gasteiger partial charge in [0.25, 0.3) is 0 Å². The van der Waals surface area contributed by atoms with Crippen LogP contribution < -0.4 is 5.32 Å². The van der Waals surface area contributed by atoms with E-state index in [1.165, 1.54) is 33.5 Å². The molecule has 0 fully saturated rings. The molecular formula is C17H18N4OS3. The molecular weight excluding hydrogens is 372 g/mol. The Morgan fingerprint density at radius 1 is 1.20 bits per heavy atom. The number of benzene rings is 1. The molecule has 0 radical (unpaired) electrons. The second-order valence-corrected chi connectivity index (χ2v) is 8.56. The average molecular weight is 391 g/mol. The van der Waals surface area contributed by atoms with Crippen LogP contribution in [0.2, 0.25) is 0 Å². The minimum Gasteiger partial charge on any atom is -0.356 e. The van der Waals surface area contributed by atoms with Crippen LogP contribution in [-0.4, -0.2) is 33.8 Å². The lowest BCUT2D eigenvalue weighted by Gasteiger charge is -2.15. The van der Waals surface area contributed by atoms with E-state index in [1.54, 1.807) is 16.2 Å². The van der Waals surface area contributed by atoms with E-state index in [0.29, 0.717) is 18.8 Å². The fraction of sp³-hybridized carbons (Fsp3) is 0.235. The number of amides is 1. The van der Waals surface area contributed by atoms with Crippen LogP contribution in [0.3, 0.4) is 0 Å². The summed E-state index contributed by atoms with van der Waals surface area (Å²) in [5, 5.41) is 14.3. The van der Waals surface area contributed by atoms with E-state index in [4.69, 9.17) is 0 Å². The second kappa shape index (κ2) is 8.98. The fourth-order valence-electron chi connectivity index (χ4n) is 2.07. The molecule has 130 valence electrons. The van der Waals surface area contributed by atoms with Gasteiger partial charge in [0.1, 0.15) is 0 Å². The first-order valence-electron chi connectivity index (χ1n) is 7.71. The van der Waals surface area contributed by atoms with Crippen molar-refractivity contribution in [3.63, 3.8) is 0 Å². The number of hydrogen-bond acceptors (Lipinski definition) is 7. The molecule has 0 saturated carbocycles. The van der Waals surface area contributed by atoms with Gasteiger partial charge in [-0.25, -0.2) is 0 Å². The molecule has 25 heavy (non-hydrogen) atoms. The van der Waals surface area contributed by atoms with Gasteiger partial charge >= 0.3 is 0 Å². The van der Waals surface area contributed by atoms with E-state index < -0.39 is 0 Å². The SMILES string of the molecule is CN(Cc1cccs1)C(=O)CSc1nnc(NCc2ccccc2)s1. The Labute approximate surface area is 159 Å². The van der Waals surface area contributed by atoms with Gasteiger partial charge in [-0.15, -0.1) is 21.5 Å². The van der Waals surface area contributed by atoms with Gasteiger partial charge in [0.05, 0.1) is 12.3 Å². The van der Waals surface area contributed by atoms with Crippen molar-refractivity contribution in [2.24, 2.45) is 0 Å². The van der Waals surface area contributed by atoms with Gasteiger partial charge < -0.3 is 10.2 Å². The predicted octanol–water partition coefficient (Wildman–Crippen LogP) is 3.96. The van der Waals surface area contributed by atoms with Crippen LogP contribution in [-0.2, 0) is 17.9 Å². The summed E-state index contributed by atoms with van der Waals surface area (Å²) in [5.41, 5.74) is 1.19. The van der Waals surface area contributed by atoms with Crippen molar-refractivity contribution < 1.29 is 4.79 Å². The number of thiophene rings is 1. The fourth-order valence-corrected chi connectivity index (χ4v) is 4.52. The molecule has 0 unspecified atom stereocenters. The number of aromatic nitrogens is 2. The molecule has 0 aliphatic rings. The zero-order chi connectivity index (χ0) is 17.5. The van der Waals surface area contributed by atoms with Gasteiger partial charge in [-0.05, 0) is 17.0 Å². The Bertz CT molecular complexity index is 789. The molecule has 0 spiro atoms. The first-order chi connectivity index (χ1) is 12.2. The first-order valence-corrected chi connectivity index (χ1v) is 10.4. The van der Waals surface area contributed by atoms with Crippen LogP contribution in [0.1, 0.15) is 10.4 Å². The van der Waals surface area contributed by atoms with Crippen LogP contribution >= 0.6 is 34.4 Å². The van der Waals surface area contributed by atoms with E-state index in [0.717, 1.165) is 9.47 Å². The van der Waals surface area contributed by atoms with E-state index >= 15 is 0 Å². The van der Waals surface area contributed by atoms with Crippen LogP contribution in [0.15, 0.2) is 52.2 Å². The maximum atomic E-state index is 12.2. The smallest absolute Gasteiger partial charge is 0.233 e. The molecule has 1 amide bonds. The van der Waals surface area contributed by atoms with Gasteiger partial charge in [-0.1, -0.05) is 59.5 Å². The van der Waals surface area contributed by atoms with Crippen molar-refractivity contribution in [2.45, 2.75) is 17.4 Å². The van der Waals surface area contributed by atoms with Crippen molar-refractivity contribution >= 4 is 45.5 Å². The summed E-state index contributed by atoms with van der Waals surface area (Å²) < 4.78 is 0.799. The van der Waals surface area contributed by atoms with E-state index in [2.05, 4.69) is 27.6 Å². The highest BCUT2D eigenvalue weighted by Gasteiger charge is 2.12. The third-order valence-electron chi connectivity index (χ3n) is 3.41. The number of carbonyl (C=O) groups excluding carboxylic acids is 1. The van der Waals surface area contributed by atoms with Gasteiger partial charge in [0.15, 0.2) is 4.34 Å². The Morgan fingerprint density at radius 2 is 2.04 bits per heavy atom. The molecule has 3 aromatic rings. The highest BCUT2D eigenvalue weighted by atomic mass is 32.2. The van der Waals surface area contributed by atoms with Crippen molar-refractivity contribution in [1.82, 2.24) is 15.1 Å². The van der Waals surface area contributed by atoms with Crippen LogP contribution in [0.4, 0.5) is 5.13 Å². The topological polar surface area (TPSA) is 58.1 Å². The number of thioether (sulfide) groups is 1. The zero-order valence-electron chi connectivity index (χ0n) is 13.7. The first kappa shape index (κ1) is 17.9. The van der Waals surface area contributed by atoms with Crippen molar-refractivity contribution in [1.29, 1.82) is 0 Å². The Kier molecular flexibility index (Phi) is 6.43. The highest BCUT2D eigenvalue weighted by Crippen LogP contribution is 2.26. The molecule has 1 aromatic carbocycles. The lowest BCUT2D eigenvalue weighted by molar-refractivity contribution is -0.127. The molecule has 2 heterocycles. The maximum absolute atomic E-state index is 12.2. The number of carbonyl (C=O) groups is 1. The second-order valence-electron chi connectivity index (χ2n) is 5.33. The largest absolute Gasteiger partial charge is 0.356 e. The molecule has 3 rings (SSSR count). The number of nitrogens with one attached hydrogen (secondary N) is 1. The molecule has 0 bridgehead atoms. The normalized spacial score (nSPS) is 10.6. The van der Waals surface area contributed by atoms with Crippen LogP contribution in [0.5, 0.6) is 0 Å². The quantitative estimate of drug-likeness (QED) is 0.590. The van der Waals surface area contributed by atoms with Gasteiger partial charge in [-0.3, -0.25) is 4.79 Å². The monoisotopic (exact) mass is 390 g/mol. The molecule has 5 nitrogen and oxygen atoms in total. The maximum Gasteiger partial charge on any atom is 0.233 e. The molecule has 1 N–H and O–H groups in total. The molecule has 0 aliphatic heterocycles. The van der Waals surface area contributed by atoms with Crippen molar-refractivity contribution in [3.05, 3.63) is 58.3 Å². The standard InChI is InChI=1S/C17H18N4OS3/c1-21(11-14-8-5-9-23-14)15(22)12-24-17-20-19-16(25-17)18-10-13-6-3-2-4-7-13/h2-9H,10-12H2,1H3,(H,18,19). The summed E-state index contributed by atoms with van der Waals surface area (Å²) in [6, 6.07) is 14.2. The summed E-state index contributed by atoms with van der Waals surface area (Å²) in [6.45, 7) is 1.36. The minimum absolute atomic E-state index is 0.0902.